The highest BCUT2D eigenvalue weighted by Gasteiger charge is 2.37. The molecule has 10 heteroatoms. The number of likely N-dealkylation sites (tertiary alicyclic amines) is 1. The maximum Gasteiger partial charge on any atom is 0.303 e. The Morgan fingerprint density at radius 3 is 2.64 bits per heavy atom. The van der Waals surface area contributed by atoms with Crippen LogP contribution in [-0.4, -0.2) is 94.8 Å². The molecule has 0 amide bonds. The van der Waals surface area contributed by atoms with Gasteiger partial charge in [-0.2, -0.15) is 0 Å². The van der Waals surface area contributed by atoms with Gasteiger partial charge in [0.05, 0.1) is 43.4 Å². The summed E-state index contributed by atoms with van der Waals surface area (Å²) < 4.78 is 11.0. The molecule has 0 bridgehead atoms. The minimum atomic E-state index is -0.768. The van der Waals surface area contributed by atoms with Gasteiger partial charge in [0.25, 0.3) is 0 Å². The standard InChI is InChI=1S/C32H42N4O5S/c1-40-25-5-6-27-26(20-25)31(24(22-34-27)23-36-14-17-41-18-15-36)28(37)7-8-32(21-30(38)39)9-12-35(13-10-32)16-19-42-29-4-2-3-11-33-29/h2-6,11,20,22,28,37H,7-10,12-19,21,23H2,1H3,(H,38,39). The minimum Gasteiger partial charge on any atom is -0.497 e. The van der Waals surface area contributed by atoms with Crippen molar-refractivity contribution >= 4 is 28.6 Å². The second-order valence-corrected chi connectivity index (χ2v) is 12.6. The summed E-state index contributed by atoms with van der Waals surface area (Å²) in [5.41, 5.74) is 2.35. The lowest BCUT2D eigenvalue weighted by atomic mass is 9.71. The number of aliphatic hydroxyl groups is 1. The van der Waals surface area contributed by atoms with Crippen molar-refractivity contribution < 1.29 is 24.5 Å². The van der Waals surface area contributed by atoms with Crippen LogP contribution >= 0.6 is 11.8 Å². The van der Waals surface area contributed by atoms with Gasteiger partial charge in [-0.1, -0.05) is 6.07 Å². The number of aliphatic carboxylic acids is 1. The van der Waals surface area contributed by atoms with Gasteiger partial charge in [0.15, 0.2) is 0 Å². The first-order valence-corrected chi connectivity index (χ1v) is 15.8. The van der Waals surface area contributed by atoms with Crippen molar-refractivity contribution in [3.05, 3.63) is 59.9 Å². The highest BCUT2D eigenvalue weighted by atomic mass is 32.2. The lowest BCUT2D eigenvalue weighted by molar-refractivity contribution is -0.141. The number of hydrogen-bond donors (Lipinski definition) is 2. The quantitative estimate of drug-likeness (QED) is 0.272. The van der Waals surface area contributed by atoms with Crippen molar-refractivity contribution in [1.29, 1.82) is 0 Å². The minimum absolute atomic E-state index is 0.127. The van der Waals surface area contributed by atoms with Crippen LogP contribution in [0, 0.1) is 5.41 Å². The average Bonchev–Trinajstić information content (AvgIpc) is 3.01. The van der Waals surface area contributed by atoms with E-state index in [1.165, 1.54) is 0 Å². The molecule has 2 N–H and O–H groups in total. The number of fused-ring (bicyclic) bond motifs is 1. The van der Waals surface area contributed by atoms with Gasteiger partial charge >= 0.3 is 5.97 Å². The Bertz CT molecular complexity index is 1310. The predicted octanol–water partition coefficient (Wildman–Crippen LogP) is 4.63. The molecule has 1 atom stereocenters. The summed E-state index contributed by atoms with van der Waals surface area (Å²) in [5.74, 6) is 0.902. The van der Waals surface area contributed by atoms with E-state index in [1.54, 1.807) is 18.9 Å². The summed E-state index contributed by atoms with van der Waals surface area (Å²) in [6.07, 6.45) is 5.86. The number of rotatable bonds is 13. The molecule has 0 radical (unpaired) electrons. The van der Waals surface area contributed by atoms with E-state index in [0.717, 1.165) is 84.1 Å². The maximum absolute atomic E-state index is 12.0. The van der Waals surface area contributed by atoms with E-state index in [2.05, 4.69) is 14.8 Å². The number of nitrogens with zero attached hydrogens (tertiary/aromatic N) is 4. The Morgan fingerprint density at radius 1 is 1.12 bits per heavy atom. The number of carbonyl (C=O) groups is 1. The van der Waals surface area contributed by atoms with Gasteiger partial charge in [-0.05, 0) is 85.6 Å². The fourth-order valence-electron chi connectivity index (χ4n) is 6.27. The van der Waals surface area contributed by atoms with Gasteiger partial charge in [0.2, 0.25) is 0 Å². The lowest BCUT2D eigenvalue weighted by Crippen LogP contribution is -2.42. The third kappa shape index (κ3) is 7.99. The first-order chi connectivity index (χ1) is 20.4. The molecule has 3 aromatic rings. The molecule has 2 saturated heterocycles. The number of morpholine rings is 1. The number of ether oxygens (including phenoxy) is 2. The summed E-state index contributed by atoms with van der Waals surface area (Å²) in [6, 6.07) is 11.7. The lowest BCUT2D eigenvalue weighted by Gasteiger charge is -2.41. The molecule has 2 aliphatic heterocycles. The van der Waals surface area contributed by atoms with Crippen molar-refractivity contribution in [3.63, 3.8) is 0 Å². The number of piperidine rings is 1. The van der Waals surface area contributed by atoms with Gasteiger partial charge in [-0.15, -0.1) is 11.8 Å². The SMILES string of the molecule is COc1ccc2ncc(CN3CCOCC3)c(C(O)CCC3(CC(=O)O)CCN(CCSc4ccccn4)CC3)c2c1. The fourth-order valence-corrected chi connectivity index (χ4v) is 7.13. The highest BCUT2D eigenvalue weighted by Crippen LogP contribution is 2.42. The number of aromatic nitrogens is 2. The van der Waals surface area contributed by atoms with Gasteiger partial charge in [-0.3, -0.25) is 14.7 Å². The third-order valence-corrected chi connectivity index (χ3v) is 9.64. The van der Waals surface area contributed by atoms with E-state index >= 15 is 0 Å². The maximum atomic E-state index is 12.0. The fraction of sp³-hybridized carbons (Fsp3) is 0.531. The van der Waals surface area contributed by atoms with Crippen LogP contribution < -0.4 is 4.74 Å². The first kappa shape index (κ1) is 30.7. The van der Waals surface area contributed by atoms with E-state index in [4.69, 9.17) is 14.5 Å². The Balaban J connectivity index is 1.28. The molecule has 0 spiro atoms. The molecule has 0 saturated carbocycles. The topological polar surface area (TPSA) is 108 Å². The summed E-state index contributed by atoms with van der Waals surface area (Å²) in [6.45, 7) is 6.43. The number of methoxy groups -OCH3 is 1. The second kappa shape index (κ2) is 14.6. The zero-order chi connectivity index (χ0) is 29.4. The molecule has 0 aliphatic carbocycles. The van der Waals surface area contributed by atoms with Gasteiger partial charge in [0.1, 0.15) is 5.75 Å². The summed E-state index contributed by atoms with van der Waals surface area (Å²) in [4.78, 5) is 25.8. The van der Waals surface area contributed by atoms with Gasteiger partial charge in [-0.25, -0.2) is 4.98 Å². The van der Waals surface area contributed by atoms with Crippen LogP contribution in [0.5, 0.6) is 5.75 Å². The second-order valence-electron chi connectivity index (χ2n) is 11.5. The van der Waals surface area contributed by atoms with E-state index in [9.17, 15) is 15.0 Å². The summed E-state index contributed by atoms with van der Waals surface area (Å²) >= 11 is 1.75. The molecule has 226 valence electrons. The van der Waals surface area contributed by atoms with Crippen LogP contribution in [0.3, 0.4) is 0 Å². The first-order valence-electron chi connectivity index (χ1n) is 14.9. The molecule has 1 unspecified atom stereocenters. The van der Waals surface area contributed by atoms with Crippen LogP contribution in [-0.2, 0) is 16.1 Å². The van der Waals surface area contributed by atoms with Crippen molar-refractivity contribution in [1.82, 2.24) is 19.8 Å². The van der Waals surface area contributed by atoms with E-state index < -0.39 is 12.1 Å². The zero-order valence-electron chi connectivity index (χ0n) is 24.4. The molecular formula is C32H42N4O5S. The molecule has 1 aromatic carbocycles. The van der Waals surface area contributed by atoms with Crippen molar-refractivity contribution in [2.45, 2.75) is 49.8 Å². The van der Waals surface area contributed by atoms with Crippen LogP contribution in [0.1, 0.15) is 49.3 Å². The number of hydrogen-bond acceptors (Lipinski definition) is 9. The van der Waals surface area contributed by atoms with Crippen LogP contribution in [0.4, 0.5) is 0 Å². The smallest absolute Gasteiger partial charge is 0.303 e. The molecule has 2 fully saturated rings. The third-order valence-electron chi connectivity index (χ3n) is 8.72. The monoisotopic (exact) mass is 594 g/mol. The Labute approximate surface area is 252 Å². The van der Waals surface area contributed by atoms with Crippen molar-refractivity contribution in [3.8, 4) is 5.75 Å². The summed E-state index contributed by atoms with van der Waals surface area (Å²) in [7, 11) is 1.64. The Kier molecular flexibility index (Phi) is 10.7. The van der Waals surface area contributed by atoms with Crippen molar-refractivity contribution in [2.75, 3.05) is 58.8 Å². The van der Waals surface area contributed by atoms with Crippen LogP contribution in [0.25, 0.3) is 10.9 Å². The largest absolute Gasteiger partial charge is 0.497 e. The van der Waals surface area contributed by atoms with Crippen LogP contribution in [0.15, 0.2) is 53.8 Å². The Morgan fingerprint density at radius 2 is 1.93 bits per heavy atom. The molecule has 42 heavy (non-hydrogen) atoms. The van der Waals surface area contributed by atoms with E-state index in [-0.39, 0.29) is 11.8 Å². The number of carboxylic acids is 1. The van der Waals surface area contributed by atoms with Gasteiger partial charge in [0, 0.05) is 49.7 Å². The highest BCUT2D eigenvalue weighted by molar-refractivity contribution is 7.99. The molecule has 4 heterocycles. The Hall–Kier alpha value is -2.76. The zero-order valence-corrected chi connectivity index (χ0v) is 25.2. The molecule has 5 rings (SSSR count). The normalized spacial score (nSPS) is 18.6. The van der Waals surface area contributed by atoms with Crippen LogP contribution in [0.2, 0.25) is 0 Å². The van der Waals surface area contributed by atoms with Gasteiger partial charge < -0.3 is 24.6 Å². The van der Waals surface area contributed by atoms with E-state index in [0.29, 0.717) is 32.6 Å². The number of carboxylic acid groups (broad SMARTS) is 1. The predicted molar refractivity (Wildman–Crippen MR) is 164 cm³/mol. The molecular weight excluding hydrogens is 552 g/mol. The number of pyridine rings is 2. The van der Waals surface area contributed by atoms with E-state index in [1.807, 2.05) is 48.8 Å². The number of thioether (sulfide) groups is 1. The molecule has 2 aliphatic rings. The molecule has 9 nitrogen and oxygen atoms in total. The molecule has 2 aromatic heterocycles. The van der Waals surface area contributed by atoms with Crippen molar-refractivity contribution in [2.24, 2.45) is 5.41 Å². The number of benzene rings is 1. The average molecular weight is 595 g/mol. The number of aliphatic hydroxyl groups excluding tert-OH is 1. The summed E-state index contributed by atoms with van der Waals surface area (Å²) in [5, 5.41) is 23.5.